The van der Waals surface area contributed by atoms with E-state index in [4.69, 9.17) is 4.74 Å². The van der Waals surface area contributed by atoms with Crippen molar-refractivity contribution in [2.24, 2.45) is 0 Å². The molecule has 2 N–H and O–H groups in total. The van der Waals surface area contributed by atoms with E-state index in [2.05, 4.69) is 15.4 Å². The SMILES string of the molecule is CC(O)c1cccc(-c2cnn3cc(-c4ccc(C(C)NC(=O)OC(C)(C)C)cc4)cnc23)c1. The lowest BCUT2D eigenvalue weighted by Gasteiger charge is -2.22. The van der Waals surface area contributed by atoms with E-state index in [1.54, 1.807) is 17.6 Å². The van der Waals surface area contributed by atoms with Gasteiger partial charge in [0.05, 0.1) is 18.3 Å². The third-order valence-electron chi connectivity index (χ3n) is 5.51. The molecule has 0 saturated carbocycles. The fraction of sp³-hybridized carbons (Fsp3) is 0.296. The highest BCUT2D eigenvalue weighted by atomic mass is 16.6. The average molecular weight is 459 g/mol. The van der Waals surface area contributed by atoms with Crippen LogP contribution in [0.25, 0.3) is 27.9 Å². The Morgan fingerprint density at radius 1 is 1.00 bits per heavy atom. The molecule has 176 valence electrons. The summed E-state index contributed by atoms with van der Waals surface area (Å²) < 4.78 is 7.10. The third kappa shape index (κ3) is 5.26. The summed E-state index contributed by atoms with van der Waals surface area (Å²) in [6, 6.07) is 15.6. The van der Waals surface area contributed by atoms with E-state index in [-0.39, 0.29) is 6.04 Å². The first-order valence-electron chi connectivity index (χ1n) is 11.3. The summed E-state index contributed by atoms with van der Waals surface area (Å²) in [5, 5.41) is 17.3. The highest BCUT2D eigenvalue weighted by molar-refractivity contribution is 5.78. The lowest BCUT2D eigenvalue weighted by molar-refractivity contribution is 0.0508. The second-order valence-corrected chi connectivity index (χ2v) is 9.46. The number of amides is 1. The topological polar surface area (TPSA) is 88.8 Å². The van der Waals surface area contributed by atoms with Gasteiger partial charge in [-0.1, -0.05) is 42.5 Å². The molecular formula is C27H30N4O3. The zero-order valence-corrected chi connectivity index (χ0v) is 20.1. The first kappa shape index (κ1) is 23.4. The van der Waals surface area contributed by atoms with Crippen LogP contribution < -0.4 is 5.32 Å². The number of alkyl carbamates (subject to hydrolysis) is 1. The van der Waals surface area contributed by atoms with Gasteiger partial charge in [0.15, 0.2) is 5.65 Å². The molecule has 0 aliphatic heterocycles. The van der Waals surface area contributed by atoms with Gasteiger partial charge in [-0.25, -0.2) is 14.3 Å². The molecule has 0 radical (unpaired) electrons. The summed E-state index contributed by atoms with van der Waals surface area (Å²) in [7, 11) is 0. The van der Waals surface area contributed by atoms with Crippen LogP contribution in [0, 0.1) is 0 Å². The lowest BCUT2D eigenvalue weighted by atomic mass is 10.0. The molecule has 0 aliphatic rings. The predicted octanol–water partition coefficient (Wildman–Crippen LogP) is 5.70. The predicted molar refractivity (Wildman–Crippen MR) is 132 cm³/mol. The van der Waals surface area contributed by atoms with Gasteiger partial charge in [0, 0.05) is 23.5 Å². The third-order valence-corrected chi connectivity index (χ3v) is 5.51. The molecule has 0 bridgehead atoms. The van der Waals surface area contributed by atoms with Gasteiger partial charge in [0.2, 0.25) is 0 Å². The number of rotatable bonds is 5. The first-order chi connectivity index (χ1) is 16.1. The van der Waals surface area contributed by atoms with E-state index in [9.17, 15) is 9.90 Å². The fourth-order valence-corrected chi connectivity index (χ4v) is 3.73. The average Bonchev–Trinajstić information content (AvgIpc) is 3.21. The maximum absolute atomic E-state index is 12.0. The molecule has 2 atom stereocenters. The molecule has 4 aromatic rings. The normalized spacial score (nSPS) is 13.5. The van der Waals surface area contributed by atoms with Gasteiger partial charge in [-0.15, -0.1) is 0 Å². The van der Waals surface area contributed by atoms with Gasteiger partial charge >= 0.3 is 6.09 Å². The Balaban J connectivity index is 1.53. The molecule has 2 heterocycles. The van der Waals surface area contributed by atoms with Crippen LogP contribution in [0.2, 0.25) is 0 Å². The summed E-state index contributed by atoms with van der Waals surface area (Å²) in [5.74, 6) is 0. The van der Waals surface area contributed by atoms with Crippen LogP contribution in [0.4, 0.5) is 4.79 Å². The van der Waals surface area contributed by atoms with Crippen molar-refractivity contribution in [3.8, 4) is 22.3 Å². The molecule has 4 rings (SSSR count). The van der Waals surface area contributed by atoms with Crippen molar-refractivity contribution >= 4 is 11.7 Å². The molecule has 2 unspecified atom stereocenters. The maximum atomic E-state index is 12.0. The van der Waals surface area contributed by atoms with Crippen molar-refractivity contribution in [1.82, 2.24) is 19.9 Å². The van der Waals surface area contributed by atoms with Crippen LogP contribution in [0.3, 0.4) is 0 Å². The van der Waals surface area contributed by atoms with E-state index >= 15 is 0 Å². The molecule has 7 nitrogen and oxygen atoms in total. The number of ether oxygens (including phenoxy) is 1. The van der Waals surface area contributed by atoms with E-state index < -0.39 is 17.8 Å². The standard InChI is InChI=1S/C27H30N4O3/c1-17(30-26(33)34-27(3,4)5)19-9-11-20(12-10-19)23-14-28-25-24(15-29-31(25)16-23)22-8-6-7-21(13-22)18(2)32/h6-18,32H,1-5H3,(H,30,33). The van der Waals surface area contributed by atoms with Crippen molar-refractivity contribution in [2.75, 3.05) is 0 Å². The van der Waals surface area contributed by atoms with Crippen molar-refractivity contribution in [3.63, 3.8) is 0 Å². The molecule has 1 amide bonds. The van der Waals surface area contributed by atoms with Crippen LogP contribution >= 0.6 is 0 Å². The van der Waals surface area contributed by atoms with Gasteiger partial charge in [-0.05, 0) is 62.9 Å². The van der Waals surface area contributed by atoms with E-state index in [1.165, 1.54) is 0 Å². The number of carbonyl (C=O) groups excluding carboxylic acids is 1. The van der Waals surface area contributed by atoms with E-state index in [0.29, 0.717) is 0 Å². The highest BCUT2D eigenvalue weighted by Crippen LogP contribution is 2.28. The Kier molecular flexibility index (Phi) is 6.39. The minimum absolute atomic E-state index is 0.185. The van der Waals surface area contributed by atoms with E-state index in [1.807, 2.05) is 88.6 Å². The molecule has 0 saturated heterocycles. The summed E-state index contributed by atoms with van der Waals surface area (Å²) in [5.41, 5.74) is 5.84. The number of fused-ring (bicyclic) bond motifs is 1. The van der Waals surface area contributed by atoms with Gasteiger partial charge in [-0.2, -0.15) is 5.10 Å². The number of hydrogen-bond donors (Lipinski definition) is 2. The van der Waals surface area contributed by atoms with Crippen LogP contribution in [-0.2, 0) is 4.74 Å². The minimum atomic E-state index is -0.536. The number of carbonyl (C=O) groups is 1. The zero-order chi connectivity index (χ0) is 24.5. The Morgan fingerprint density at radius 3 is 2.41 bits per heavy atom. The zero-order valence-electron chi connectivity index (χ0n) is 20.1. The molecule has 0 fully saturated rings. The van der Waals surface area contributed by atoms with Crippen LogP contribution in [0.5, 0.6) is 0 Å². The van der Waals surface area contributed by atoms with Crippen LogP contribution in [0.15, 0.2) is 67.1 Å². The van der Waals surface area contributed by atoms with Gasteiger partial charge in [0.1, 0.15) is 5.60 Å². The van der Waals surface area contributed by atoms with Crippen LogP contribution in [0.1, 0.15) is 57.9 Å². The molecule has 0 spiro atoms. The monoisotopic (exact) mass is 458 g/mol. The van der Waals surface area contributed by atoms with Crippen LogP contribution in [-0.4, -0.2) is 31.4 Å². The molecular weight excluding hydrogens is 428 g/mol. The molecule has 7 heteroatoms. The number of hydrogen-bond acceptors (Lipinski definition) is 5. The fourth-order valence-electron chi connectivity index (χ4n) is 3.73. The quantitative estimate of drug-likeness (QED) is 0.400. The number of nitrogens with one attached hydrogen (secondary N) is 1. The van der Waals surface area contributed by atoms with Gasteiger partial charge in [0.25, 0.3) is 0 Å². The molecule has 2 aromatic heterocycles. The smallest absolute Gasteiger partial charge is 0.408 e. The lowest BCUT2D eigenvalue weighted by Crippen LogP contribution is -2.34. The summed E-state index contributed by atoms with van der Waals surface area (Å²) >= 11 is 0. The van der Waals surface area contributed by atoms with Crippen molar-refractivity contribution in [3.05, 3.63) is 78.2 Å². The largest absolute Gasteiger partial charge is 0.444 e. The van der Waals surface area contributed by atoms with Crippen molar-refractivity contribution in [1.29, 1.82) is 0 Å². The Labute approximate surface area is 199 Å². The number of aromatic nitrogens is 3. The second-order valence-electron chi connectivity index (χ2n) is 9.46. The number of nitrogens with zero attached hydrogens (tertiary/aromatic N) is 3. The first-order valence-corrected chi connectivity index (χ1v) is 11.3. The van der Waals surface area contributed by atoms with Crippen molar-refractivity contribution < 1.29 is 14.6 Å². The summed E-state index contributed by atoms with van der Waals surface area (Å²) in [4.78, 5) is 16.7. The molecule has 2 aromatic carbocycles. The Bertz CT molecular complexity index is 1300. The number of benzene rings is 2. The van der Waals surface area contributed by atoms with Crippen molar-refractivity contribution in [2.45, 2.75) is 52.4 Å². The Hall–Kier alpha value is -3.71. The number of aliphatic hydroxyl groups is 1. The van der Waals surface area contributed by atoms with Gasteiger partial charge < -0.3 is 15.2 Å². The van der Waals surface area contributed by atoms with E-state index in [0.717, 1.165) is 39.0 Å². The molecule has 34 heavy (non-hydrogen) atoms. The Morgan fingerprint density at radius 2 is 1.74 bits per heavy atom. The maximum Gasteiger partial charge on any atom is 0.408 e. The summed E-state index contributed by atoms with van der Waals surface area (Å²) in [6.45, 7) is 9.19. The number of aliphatic hydroxyl groups excluding tert-OH is 1. The molecule has 0 aliphatic carbocycles. The minimum Gasteiger partial charge on any atom is -0.444 e. The van der Waals surface area contributed by atoms with Gasteiger partial charge in [-0.3, -0.25) is 0 Å². The summed E-state index contributed by atoms with van der Waals surface area (Å²) in [6.07, 6.45) is 4.59. The second kappa shape index (κ2) is 9.27. The highest BCUT2D eigenvalue weighted by Gasteiger charge is 2.18.